The standard InChI is InChI=1S/C25H25BrN2O2/c1-3-30-24-15-13-23(14-16-24)28(18-19(2)17-20-7-5-4-6-8-20)25(29)27-22-11-9-21(26)10-12-22/h4-17H,3,18H2,1-2H3,(H,27,29)/b19-17+. The van der Waals surface area contributed by atoms with Crippen molar-refractivity contribution in [2.75, 3.05) is 23.4 Å². The number of ether oxygens (including phenoxy) is 1. The summed E-state index contributed by atoms with van der Waals surface area (Å²) in [5.74, 6) is 0.783. The molecule has 0 aliphatic carbocycles. The van der Waals surface area contributed by atoms with Gasteiger partial charge in [0.05, 0.1) is 6.61 Å². The van der Waals surface area contributed by atoms with E-state index in [0.29, 0.717) is 13.2 Å². The van der Waals surface area contributed by atoms with Gasteiger partial charge < -0.3 is 10.1 Å². The summed E-state index contributed by atoms with van der Waals surface area (Å²) in [6, 6.07) is 25.0. The average Bonchev–Trinajstić information content (AvgIpc) is 2.75. The van der Waals surface area contributed by atoms with Crippen molar-refractivity contribution in [2.24, 2.45) is 0 Å². The predicted molar refractivity (Wildman–Crippen MR) is 128 cm³/mol. The van der Waals surface area contributed by atoms with Gasteiger partial charge in [-0.3, -0.25) is 4.90 Å². The predicted octanol–water partition coefficient (Wildman–Crippen LogP) is 6.99. The van der Waals surface area contributed by atoms with Gasteiger partial charge in [-0.25, -0.2) is 4.79 Å². The summed E-state index contributed by atoms with van der Waals surface area (Å²) >= 11 is 3.42. The van der Waals surface area contributed by atoms with Crippen molar-refractivity contribution in [1.82, 2.24) is 0 Å². The molecule has 3 aromatic rings. The highest BCUT2D eigenvalue weighted by molar-refractivity contribution is 9.10. The number of anilines is 2. The number of carbonyl (C=O) groups excluding carboxylic acids is 1. The highest BCUT2D eigenvalue weighted by atomic mass is 79.9. The van der Waals surface area contributed by atoms with Gasteiger partial charge in [0.2, 0.25) is 0 Å². The third-order valence-corrected chi connectivity index (χ3v) is 4.95. The smallest absolute Gasteiger partial charge is 0.326 e. The maximum atomic E-state index is 13.1. The van der Waals surface area contributed by atoms with Gasteiger partial charge in [0.1, 0.15) is 5.75 Å². The molecule has 0 bridgehead atoms. The Bertz CT molecular complexity index is 984. The average molecular weight is 465 g/mol. The number of nitrogens with one attached hydrogen (secondary N) is 1. The van der Waals surface area contributed by atoms with Crippen molar-refractivity contribution in [3.8, 4) is 5.75 Å². The molecule has 4 nitrogen and oxygen atoms in total. The fourth-order valence-electron chi connectivity index (χ4n) is 3.02. The topological polar surface area (TPSA) is 41.6 Å². The monoisotopic (exact) mass is 464 g/mol. The van der Waals surface area contributed by atoms with E-state index in [-0.39, 0.29) is 6.03 Å². The fraction of sp³-hybridized carbons (Fsp3) is 0.160. The Morgan fingerprint density at radius 3 is 2.30 bits per heavy atom. The minimum absolute atomic E-state index is 0.192. The molecular weight excluding hydrogens is 440 g/mol. The molecule has 0 saturated heterocycles. The van der Waals surface area contributed by atoms with Crippen molar-refractivity contribution in [3.63, 3.8) is 0 Å². The Labute approximate surface area is 186 Å². The van der Waals surface area contributed by atoms with Crippen LogP contribution in [-0.2, 0) is 0 Å². The maximum absolute atomic E-state index is 13.1. The highest BCUT2D eigenvalue weighted by Gasteiger charge is 2.17. The van der Waals surface area contributed by atoms with E-state index in [9.17, 15) is 4.79 Å². The number of rotatable bonds is 7. The molecule has 30 heavy (non-hydrogen) atoms. The molecule has 0 fully saturated rings. The first kappa shape index (κ1) is 21.7. The number of amides is 2. The van der Waals surface area contributed by atoms with E-state index in [0.717, 1.165) is 32.7 Å². The first-order chi connectivity index (χ1) is 14.5. The number of hydrogen-bond acceptors (Lipinski definition) is 2. The quantitative estimate of drug-likeness (QED) is 0.409. The lowest BCUT2D eigenvalue weighted by Gasteiger charge is -2.24. The molecule has 0 atom stereocenters. The lowest BCUT2D eigenvalue weighted by molar-refractivity contribution is 0.257. The van der Waals surface area contributed by atoms with Crippen LogP contribution in [0.15, 0.2) is 88.9 Å². The summed E-state index contributed by atoms with van der Waals surface area (Å²) in [6.07, 6.45) is 2.09. The SMILES string of the molecule is CCOc1ccc(N(C/C(C)=C/c2ccccc2)C(=O)Nc2ccc(Br)cc2)cc1. The van der Waals surface area contributed by atoms with Gasteiger partial charge in [-0.05, 0) is 67.9 Å². The van der Waals surface area contributed by atoms with Crippen molar-refractivity contribution in [2.45, 2.75) is 13.8 Å². The van der Waals surface area contributed by atoms with Gasteiger partial charge >= 0.3 is 6.03 Å². The molecule has 5 heteroatoms. The minimum atomic E-state index is -0.192. The number of hydrogen-bond donors (Lipinski definition) is 1. The Kier molecular flexibility index (Phi) is 7.69. The van der Waals surface area contributed by atoms with Crippen LogP contribution < -0.4 is 15.0 Å². The number of carbonyl (C=O) groups is 1. The molecule has 0 aliphatic rings. The van der Waals surface area contributed by atoms with Crippen LogP contribution in [0.4, 0.5) is 16.2 Å². The molecule has 154 valence electrons. The van der Waals surface area contributed by atoms with E-state index in [1.54, 1.807) is 4.90 Å². The molecule has 0 aliphatic heterocycles. The van der Waals surface area contributed by atoms with Crippen LogP contribution >= 0.6 is 15.9 Å². The third kappa shape index (κ3) is 6.22. The zero-order chi connectivity index (χ0) is 21.3. The molecule has 1 N–H and O–H groups in total. The van der Waals surface area contributed by atoms with Gasteiger partial charge in [0, 0.05) is 22.4 Å². The second kappa shape index (κ2) is 10.6. The summed E-state index contributed by atoms with van der Waals surface area (Å²) < 4.78 is 6.50. The maximum Gasteiger partial charge on any atom is 0.326 e. The zero-order valence-corrected chi connectivity index (χ0v) is 18.7. The molecule has 0 heterocycles. The van der Waals surface area contributed by atoms with Gasteiger partial charge in [-0.15, -0.1) is 0 Å². The van der Waals surface area contributed by atoms with Crippen LogP contribution in [0.25, 0.3) is 6.08 Å². The highest BCUT2D eigenvalue weighted by Crippen LogP contribution is 2.23. The molecule has 3 aromatic carbocycles. The fourth-order valence-corrected chi connectivity index (χ4v) is 3.29. The first-order valence-electron chi connectivity index (χ1n) is 9.84. The summed E-state index contributed by atoms with van der Waals surface area (Å²) in [4.78, 5) is 14.9. The van der Waals surface area contributed by atoms with Crippen LogP contribution in [0.5, 0.6) is 5.75 Å². The number of halogens is 1. The van der Waals surface area contributed by atoms with Crippen molar-refractivity contribution < 1.29 is 9.53 Å². The van der Waals surface area contributed by atoms with E-state index < -0.39 is 0 Å². The normalized spacial score (nSPS) is 11.1. The summed E-state index contributed by atoms with van der Waals surface area (Å²) in [7, 11) is 0. The van der Waals surface area contributed by atoms with Crippen molar-refractivity contribution in [3.05, 3.63) is 94.5 Å². The molecule has 3 rings (SSSR count). The molecule has 0 radical (unpaired) electrons. The van der Waals surface area contributed by atoms with Gasteiger partial charge in [0.25, 0.3) is 0 Å². The molecule has 0 saturated carbocycles. The third-order valence-electron chi connectivity index (χ3n) is 4.42. The number of nitrogens with zero attached hydrogens (tertiary/aromatic N) is 1. The van der Waals surface area contributed by atoms with Crippen LogP contribution in [0.1, 0.15) is 19.4 Å². The van der Waals surface area contributed by atoms with E-state index in [2.05, 4.69) is 27.3 Å². The molecule has 0 spiro atoms. The van der Waals surface area contributed by atoms with Crippen LogP contribution in [-0.4, -0.2) is 19.2 Å². The van der Waals surface area contributed by atoms with E-state index in [1.165, 1.54) is 0 Å². The van der Waals surface area contributed by atoms with Gasteiger partial charge in [0.15, 0.2) is 0 Å². The van der Waals surface area contributed by atoms with Crippen LogP contribution in [0.2, 0.25) is 0 Å². The number of benzene rings is 3. The second-order valence-electron chi connectivity index (χ2n) is 6.85. The van der Waals surface area contributed by atoms with Crippen LogP contribution in [0.3, 0.4) is 0 Å². The first-order valence-corrected chi connectivity index (χ1v) is 10.6. The summed E-state index contributed by atoms with van der Waals surface area (Å²) in [5, 5.41) is 2.98. The van der Waals surface area contributed by atoms with E-state index in [4.69, 9.17) is 4.74 Å². The van der Waals surface area contributed by atoms with E-state index in [1.807, 2.05) is 92.7 Å². The summed E-state index contributed by atoms with van der Waals surface area (Å²) in [5.41, 5.74) is 3.72. The molecule has 0 unspecified atom stereocenters. The molecule has 0 aromatic heterocycles. The largest absolute Gasteiger partial charge is 0.494 e. The summed E-state index contributed by atoms with van der Waals surface area (Å²) in [6.45, 7) is 5.04. The molecule has 2 amide bonds. The Morgan fingerprint density at radius 2 is 1.67 bits per heavy atom. The Morgan fingerprint density at radius 1 is 1.00 bits per heavy atom. The zero-order valence-electron chi connectivity index (χ0n) is 17.1. The van der Waals surface area contributed by atoms with E-state index >= 15 is 0 Å². The van der Waals surface area contributed by atoms with Gasteiger partial charge in [-0.2, -0.15) is 0 Å². The van der Waals surface area contributed by atoms with Crippen molar-refractivity contribution in [1.29, 1.82) is 0 Å². The lowest BCUT2D eigenvalue weighted by Crippen LogP contribution is -2.36. The molecular formula is C25H25BrN2O2. The van der Waals surface area contributed by atoms with Crippen molar-refractivity contribution >= 4 is 39.4 Å². The Hall–Kier alpha value is -3.05. The van der Waals surface area contributed by atoms with Crippen LogP contribution in [0, 0.1) is 0 Å². The Balaban J connectivity index is 1.84. The lowest BCUT2D eigenvalue weighted by atomic mass is 10.1. The van der Waals surface area contributed by atoms with Gasteiger partial charge in [-0.1, -0.05) is 57.9 Å². The minimum Gasteiger partial charge on any atom is -0.494 e. The number of urea groups is 1. The second-order valence-corrected chi connectivity index (χ2v) is 7.77.